The minimum absolute atomic E-state index is 0.139. The van der Waals surface area contributed by atoms with Gasteiger partial charge >= 0.3 is 0 Å². The van der Waals surface area contributed by atoms with Crippen LogP contribution >= 0.6 is 23.2 Å². The highest BCUT2D eigenvalue weighted by Crippen LogP contribution is 2.31. The Morgan fingerprint density at radius 2 is 2.10 bits per heavy atom. The SMILES string of the molecule is O=C(COc1cccc([C@H]2CC(=O)Nc3ncnn32)c1)Nc1cccc(Cl)c1Cl. The summed E-state index contributed by atoms with van der Waals surface area (Å²) < 4.78 is 7.25. The molecule has 0 aliphatic carbocycles. The summed E-state index contributed by atoms with van der Waals surface area (Å²) in [6.07, 6.45) is 1.62. The summed E-state index contributed by atoms with van der Waals surface area (Å²) in [5, 5.41) is 10.1. The van der Waals surface area contributed by atoms with Crippen LogP contribution in [0.3, 0.4) is 0 Å². The number of nitrogens with one attached hydrogen (secondary N) is 2. The highest BCUT2D eigenvalue weighted by Gasteiger charge is 2.27. The number of halogens is 2. The molecule has 8 nitrogen and oxygen atoms in total. The van der Waals surface area contributed by atoms with E-state index in [4.69, 9.17) is 27.9 Å². The van der Waals surface area contributed by atoms with Crippen molar-refractivity contribution in [3.05, 3.63) is 64.4 Å². The maximum absolute atomic E-state index is 12.2. The fourth-order valence-electron chi connectivity index (χ4n) is 3.01. The van der Waals surface area contributed by atoms with E-state index in [9.17, 15) is 9.59 Å². The Balaban J connectivity index is 1.44. The van der Waals surface area contributed by atoms with Crippen molar-refractivity contribution in [1.82, 2.24) is 14.8 Å². The lowest BCUT2D eigenvalue weighted by Crippen LogP contribution is -2.29. The van der Waals surface area contributed by atoms with Gasteiger partial charge in [-0.1, -0.05) is 41.4 Å². The number of nitrogens with zero attached hydrogens (tertiary/aromatic N) is 3. The molecule has 1 atom stereocenters. The lowest BCUT2D eigenvalue weighted by Gasteiger charge is -2.24. The van der Waals surface area contributed by atoms with Gasteiger partial charge in [0.15, 0.2) is 6.61 Å². The average Bonchev–Trinajstić information content (AvgIpc) is 3.18. The van der Waals surface area contributed by atoms with E-state index in [1.807, 2.05) is 6.07 Å². The van der Waals surface area contributed by atoms with Gasteiger partial charge in [0.2, 0.25) is 11.9 Å². The molecule has 3 aromatic rings. The van der Waals surface area contributed by atoms with Gasteiger partial charge in [-0.3, -0.25) is 14.9 Å². The first-order valence-corrected chi connectivity index (χ1v) is 9.43. The van der Waals surface area contributed by atoms with E-state index in [2.05, 4.69) is 20.7 Å². The predicted octanol–water partition coefficient (Wildman–Crippen LogP) is 3.53. The number of anilines is 2. The second-order valence-electron chi connectivity index (χ2n) is 6.31. The Kier molecular flexibility index (Phi) is 5.37. The summed E-state index contributed by atoms with van der Waals surface area (Å²) in [4.78, 5) is 28.2. The summed E-state index contributed by atoms with van der Waals surface area (Å²) in [7, 11) is 0. The number of amides is 2. The van der Waals surface area contributed by atoms with Crippen LogP contribution in [0.1, 0.15) is 18.0 Å². The van der Waals surface area contributed by atoms with Crippen LogP contribution in [0.2, 0.25) is 10.0 Å². The van der Waals surface area contributed by atoms with Gasteiger partial charge in [-0.2, -0.15) is 10.1 Å². The Hall–Kier alpha value is -3.10. The predicted molar refractivity (Wildman–Crippen MR) is 108 cm³/mol. The monoisotopic (exact) mass is 431 g/mol. The normalized spacial score (nSPS) is 15.4. The van der Waals surface area contributed by atoms with E-state index in [0.29, 0.717) is 22.4 Å². The third-order valence-corrected chi connectivity index (χ3v) is 5.16. The van der Waals surface area contributed by atoms with Crippen molar-refractivity contribution in [2.24, 2.45) is 0 Å². The molecular weight excluding hydrogens is 417 g/mol. The minimum atomic E-state index is -0.379. The third kappa shape index (κ3) is 4.18. The molecule has 0 unspecified atom stereocenters. The van der Waals surface area contributed by atoms with Crippen molar-refractivity contribution in [2.75, 3.05) is 17.2 Å². The van der Waals surface area contributed by atoms with Crippen molar-refractivity contribution in [1.29, 1.82) is 0 Å². The average molecular weight is 432 g/mol. The third-order valence-electron chi connectivity index (χ3n) is 4.34. The van der Waals surface area contributed by atoms with E-state index in [-0.39, 0.29) is 35.9 Å². The summed E-state index contributed by atoms with van der Waals surface area (Å²) in [5.41, 5.74) is 1.23. The Bertz CT molecular complexity index is 1090. The first kappa shape index (κ1) is 19.2. The van der Waals surface area contributed by atoms with Gasteiger partial charge in [0.05, 0.1) is 28.2 Å². The van der Waals surface area contributed by atoms with Crippen molar-refractivity contribution in [3.63, 3.8) is 0 Å². The van der Waals surface area contributed by atoms with Crippen molar-refractivity contribution < 1.29 is 14.3 Å². The zero-order valence-electron chi connectivity index (χ0n) is 14.9. The topological polar surface area (TPSA) is 98.1 Å². The lowest BCUT2D eigenvalue weighted by atomic mass is 10.0. The second kappa shape index (κ2) is 8.10. The molecule has 1 aliphatic heterocycles. The van der Waals surface area contributed by atoms with Crippen LogP contribution in [0.4, 0.5) is 11.6 Å². The molecule has 0 spiro atoms. The highest BCUT2D eigenvalue weighted by atomic mass is 35.5. The summed E-state index contributed by atoms with van der Waals surface area (Å²) in [5.74, 6) is 0.368. The summed E-state index contributed by atoms with van der Waals surface area (Å²) >= 11 is 12.0. The van der Waals surface area contributed by atoms with Gasteiger partial charge in [0, 0.05) is 0 Å². The summed E-state index contributed by atoms with van der Waals surface area (Å²) in [6, 6.07) is 11.8. The standard InChI is InChI=1S/C19H15Cl2N5O3/c20-13-5-2-6-14(18(13)21)24-17(28)9-29-12-4-1-3-11(7-12)15-8-16(27)25-19-22-10-23-26(15)19/h1-7,10,15H,8-9H2,(H,24,28)(H,22,23,25,27)/t15-/m1/s1. The van der Waals surface area contributed by atoms with Gasteiger partial charge < -0.3 is 10.1 Å². The van der Waals surface area contributed by atoms with Crippen molar-refractivity contribution >= 4 is 46.7 Å². The zero-order valence-corrected chi connectivity index (χ0v) is 16.4. The molecule has 0 radical (unpaired) electrons. The molecule has 0 fully saturated rings. The number of rotatable bonds is 5. The highest BCUT2D eigenvalue weighted by molar-refractivity contribution is 6.44. The van der Waals surface area contributed by atoms with E-state index in [0.717, 1.165) is 5.56 Å². The number of ether oxygens (including phenoxy) is 1. The Morgan fingerprint density at radius 1 is 1.28 bits per heavy atom. The number of carbonyl (C=O) groups excluding carboxylic acids is 2. The number of hydrogen-bond acceptors (Lipinski definition) is 5. The number of aromatic nitrogens is 3. The molecule has 0 bridgehead atoms. The first-order valence-electron chi connectivity index (χ1n) is 8.67. The Labute approximate surface area is 175 Å². The van der Waals surface area contributed by atoms with Crippen LogP contribution < -0.4 is 15.4 Å². The Morgan fingerprint density at radius 3 is 2.97 bits per heavy atom. The van der Waals surface area contributed by atoms with E-state index < -0.39 is 0 Å². The molecule has 10 heteroatoms. The maximum Gasteiger partial charge on any atom is 0.262 e. The smallest absolute Gasteiger partial charge is 0.262 e. The van der Waals surface area contributed by atoms with Crippen LogP contribution in [-0.4, -0.2) is 33.2 Å². The number of benzene rings is 2. The molecule has 1 aromatic heterocycles. The molecule has 2 heterocycles. The molecule has 1 aliphatic rings. The first-order chi connectivity index (χ1) is 14.0. The minimum Gasteiger partial charge on any atom is -0.484 e. The maximum atomic E-state index is 12.2. The number of carbonyl (C=O) groups is 2. The number of hydrogen-bond donors (Lipinski definition) is 2. The van der Waals surface area contributed by atoms with E-state index in [1.54, 1.807) is 41.1 Å². The molecule has 2 amide bonds. The van der Waals surface area contributed by atoms with Gasteiger partial charge in [-0.15, -0.1) is 0 Å². The van der Waals surface area contributed by atoms with Crippen LogP contribution in [-0.2, 0) is 9.59 Å². The van der Waals surface area contributed by atoms with Crippen LogP contribution in [0.15, 0.2) is 48.8 Å². The second-order valence-corrected chi connectivity index (χ2v) is 7.09. The molecular formula is C19H15Cl2N5O3. The van der Waals surface area contributed by atoms with Gasteiger partial charge in [0.1, 0.15) is 12.1 Å². The summed E-state index contributed by atoms with van der Waals surface area (Å²) in [6.45, 7) is -0.216. The molecule has 0 saturated heterocycles. The fraction of sp³-hybridized carbons (Fsp3) is 0.158. The molecule has 4 rings (SSSR count). The van der Waals surface area contributed by atoms with Gasteiger partial charge in [-0.25, -0.2) is 4.68 Å². The van der Waals surface area contributed by atoms with E-state index >= 15 is 0 Å². The van der Waals surface area contributed by atoms with Crippen LogP contribution in [0, 0.1) is 0 Å². The van der Waals surface area contributed by atoms with Gasteiger partial charge in [0.25, 0.3) is 5.91 Å². The quantitative estimate of drug-likeness (QED) is 0.643. The van der Waals surface area contributed by atoms with Crippen LogP contribution in [0.25, 0.3) is 0 Å². The molecule has 148 valence electrons. The molecule has 29 heavy (non-hydrogen) atoms. The largest absolute Gasteiger partial charge is 0.484 e. The molecule has 0 saturated carbocycles. The molecule has 2 N–H and O–H groups in total. The fourth-order valence-corrected chi connectivity index (χ4v) is 3.36. The lowest BCUT2D eigenvalue weighted by molar-refractivity contribution is -0.118. The number of fused-ring (bicyclic) bond motifs is 1. The zero-order chi connectivity index (χ0) is 20.4. The molecule has 2 aromatic carbocycles. The van der Waals surface area contributed by atoms with Crippen molar-refractivity contribution in [2.45, 2.75) is 12.5 Å². The van der Waals surface area contributed by atoms with Gasteiger partial charge in [-0.05, 0) is 29.8 Å². The van der Waals surface area contributed by atoms with E-state index in [1.165, 1.54) is 6.33 Å². The van der Waals surface area contributed by atoms with Crippen molar-refractivity contribution in [3.8, 4) is 5.75 Å². The van der Waals surface area contributed by atoms with Crippen LogP contribution in [0.5, 0.6) is 5.75 Å².